The molecule has 2 rings (SSSR count). The smallest absolute Gasteiger partial charge is 0.339 e. The van der Waals surface area contributed by atoms with Crippen molar-refractivity contribution in [2.24, 2.45) is 0 Å². The van der Waals surface area contributed by atoms with Crippen LogP contribution in [-0.4, -0.2) is 24.3 Å². The van der Waals surface area contributed by atoms with Crippen LogP contribution in [0.3, 0.4) is 0 Å². The summed E-state index contributed by atoms with van der Waals surface area (Å²) in [5.41, 5.74) is 1.46. The molecule has 2 aromatic carbocycles. The molecular weight excluding hydrogens is 292 g/mol. The number of rotatable bonds is 8. The number of carboxylic acids is 1. The van der Waals surface area contributed by atoms with Gasteiger partial charge in [0.1, 0.15) is 17.1 Å². The Bertz CT molecular complexity index is 632. The minimum absolute atomic E-state index is 0.178. The second-order valence-electron chi connectivity index (χ2n) is 5.58. The molecule has 0 aliphatic carbocycles. The Morgan fingerprint density at radius 3 is 2.30 bits per heavy atom. The Balaban J connectivity index is 1.75. The van der Waals surface area contributed by atoms with Crippen molar-refractivity contribution in [2.45, 2.75) is 26.2 Å². The van der Waals surface area contributed by atoms with Crippen molar-refractivity contribution in [2.75, 3.05) is 13.2 Å². The van der Waals surface area contributed by atoms with Gasteiger partial charge in [0.2, 0.25) is 0 Å². The van der Waals surface area contributed by atoms with Gasteiger partial charge in [-0.1, -0.05) is 38.1 Å². The molecule has 0 spiro atoms. The van der Waals surface area contributed by atoms with Gasteiger partial charge in [-0.2, -0.15) is 0 Å². The number of carboxylic acid groups (broad SMARTS) is 1. The van der Waals surface area contributed by atoms with E-state index in [1.807, 2.05) is 12.1 Å². The summed E-state index contributed by atoms with van der Waals surface area (Å²) in [6.07, 6.45) is 0.680. The Kier molecular flexibility index (Phi) is 6.03. The minimum atomic E-state index is -0.984. The van der Waals surface area contributed by atoms with Gasteiger partial charge in [0.15, 0.2) is 0 Å². The van der Waals surface area contributed by atoms with E-state index in [-0.39, 0.29) is 5.56 Å². The van der Waals surface area contributed by atoms with Gasteiger partial charge in [-0.25, -0.2) is 4.79 Å². The van der Waals surface area contributed by atoms with Crippen LogP contribution in [0.5, 0.6) is 11.5 Å². The second kappa shape index (κ2) is 8.22. The van der Waals surface area contributed by atoms with Crippen LogP contribution in [0.4, 0.5) is 0 Å². The predicted molar refractivity (Wildman–Crippen MR) is 89.5 cm³/mol. The molecule has 0 atom stereocenters. The fraction of sp³-hybridized carbons (Fsp3) is 0.316. The lowest BCUT2D eigenvalue weighted by Crippen LogP contribution is -2.07. The number of ether oxygens (including phenoxy) is 2. The van der Waals surface area contributed by atoms with Crippen LogP contribution in [0, 0.1) is 0 Å². The summed E-state index contributed by atoms with van der Waals surface area (Å²) in [7, 11) is 0. The van der Waals surface area contributed by atoms with Crippen LogP contribution < -0.4 is 9.47 Å². The first-order valence-electron chi connectivity index (χ1n) is 7.76. The van der Waals surface area contributed by atoms with E-state index in [1.54, 1.807) is 18.2 Å². The van der Waals surface area contributed by atoms with E-state index in [0.717, 1.165) is 5.75 Å². The van der Waals surface area contributed by atoms with Crippen molar-refractivity contribution in [3.63, 3.8) is 0 Å². The number of para-hydroxylation sites is 1. The molecule has 1 N–H and O–H groups in total. The molecule has 0 amide bonds. The minimum Gasteiger partial charge on any atom is -0.493 e. The Hall–Kier alpha value is -2.49. The molecule has 2 aromatic rings. The lowest BCUT2D eigenvalue weighted by molar-refractivity contribution is 0.0692. The number of aromatic carboxylic acids is 1. The zero-order valence-corrected chi connectivity index (χ0v) is 13.5. The van der Waals surface area contributed by atoms with E-state index in [2.05, 4.69) is 26.0 Å². The molecule has 0 saturated carbocycles. The number of hydrogen-bond acceptors (Lipinski definition) is 3. The van der Waals surface area contributed by atoms with Crippen molar-refractivity contribution in [3.8, 4) is 11.5 Å². The fourth-order valence-electron chi connectivity index (χ4n) is 2.15. The highest BCUT2D eigenvalue weighted by molar-refractivity contribution is 5.90. The van der Waals surface area contributed by atoms with Gasteiger partial charge in [-0.05, 0) is 35.7 Å². The Labute approximate surface area is 136 Å². The number of hydrogen-bond donors (Lipinski definition) is 1. The molecule has 0 radical (unpaired) electrons. The molecule has 0 aromatic heterocycles. The summed E-state index contributed by atoms with van der Waals surface area (Å²) in [4.78, 5) is 11.1. The third-order valence-electron chi connectivity index (χ3n) is 3.48. The zero-order valence-electron chi connectivity index (χ0n) is 13.5. The van der Waals surface area contributed by atoms with E-state index >= 15 is 0 Å². The van der Waals surface area contributed by atoms with Crippen LogP contribution >= 0.6 is 0 Å². The van der Waals surface area contributed by atoms with Crippen LogP contribution in [0.15, 0.2) is 48.5 Å². The summed E-state index contributed by atoms with van der Waals surface area (Å²) in [5.74, 6) is 0.746. The Morgan fingerprint density at radius 1 is 1.00 bits per heavy atom. The number of carbonyl (C=O) groups is 1. The van der Waals surface area contributed by atoms with Crippen molar-refractivity contribution in [3.05, 3.63) is 59.7 Å². The SMILES string of the molecule is CC(C)c1ccc(OCCCOc2ccccc2C(=O)O)cc1. The van der Waals surface area contributed by atoms with Crippen molar-refractivity contribution in [1.29, 1.82) is 0 Å². The van der Waals surface area contributed by atoms with Crippen LogP contribution in [-0.2, 0) is 0 Å². The van der Waals surface area contributed by atoms with Crippen LogP contribution in [0.2, 0.25) is 0 Å². The lowest BCUT2D eigenvalue weighted by atomic mass is 10.0. The van der Waals surface area contributed by atoms with Crippen LogP contribution in [0.1, 0.15) is 42.1 Å². The molecular formula is C19H22O4. The van der Waals surface area contributed by atoms with Gasteiger partial charge in [0.05, 0.1) is 13.2 Å². The molecule has 0 aliphatic rings. The van der Waals surface area contributed by atoms with Gasteiger partial charge in [0, 0.05) is 6.42 Å². The summed E-state index contributed by atoms with van der Waals surface area (Å²) >= 11 is 0. The van der Waals surface area contributed by atoms with E-state index < -0.39 is 5.97 Å². The van der Waals surface area contributed by atoms with Gasteiger partial charge >= 0.3 is 5.97 Å². The van der Waals surface area contributed by atoms with E-state index in [4.69, 9.17) is 14.6 Å². The topological polar surface area (TPSA) is 55.8 Å². The standard InChI is InChI=1S/C19H22O4/c1-14(2)15-8-10-16(11-9-15)22-12-5-13-23-18-7-4-3-6-17(18)19(20)21/h3-4,6-11,14H,5,12-13H2,1-2H3,(H,20,21). The van der Waals surface area contributed by atoms with Gasteiger partial charge in [0.25, 0.3) is 0 Å². The van der Waals surface area contributed by atoms with Gasteiger partial charge in [-0.15, -0.1) is 0 Å². The average Bonchev–Trinajstić information content (AvgIpc) is 2.55. The monoisotopic (exact) mass is 314 g/mol. The molecule has 4 nitrogen and oxygen atoms in total. The molecule has 122 valence electrons. The highest BCUT2D eigenvalue weighted by atomic mass is 16.5. The summed E-state index contributed by atoms with van der Waals surface area (Å²) < 4.78 is 11.2. The van der Waals surface area contributed by atoms with Crippen molar-refractivity contribution >= 4 is 5.97 Å². The van der Waals surface area contributed by atoms with E-state index in [9.17, 15) is 4.79 Å². The Morgan fingerprint density at radius 2 is 1.65 bits per heavy atom. The third kappa shape index (κ3) is 5.02. The molecule has 0 fully saturated rings. The first-order valence-corrected chi connectivity index (χ1v) is 7.76. The highest BCUT2D eigenvalue weighted by Crippen LogP contribution is 2.19. The quantitative estimate of drug-likeness (QED) is 0.736. The first kappa shape index (κ1) is 16.9. The highest BCUT2D eigenvalue weighted by Gasteiger charge is 2.09. The summed E-state index contributed by atoms with van der Waals surface area (Å²) in [6.45, 7) is 5.25. The molecule has 4 heteroatoms. The molecule has 0 saturated heterocycles. The van der Waals surface area contributed by atoms with Crippen molar-refractivity contribution < 1.29 is 19.4 Å². The molecule has 23 heavy (non-hydrogen) atoms. The summed E-state index contributed by atoms with van der Waals surface area (Å²) in [6, 6.07) is 14.7. The lowest BCUT2D eigenvalue weighted by Gasteiger charge is -2.10. The first-order chi connectivity index (χ1) is 11.1. The van der Waals surface area contributed by atoms with Gasteiger partial charge < -0.3 is 14.6 Å². The maximum atomic E-state index is 11.1. The van der Waals surface area contributed by atoms with E-state index in [1.165, 1.54) is 11.6 Å². The van der Waals surface area contributed by atoms with Crippen molar-refractivity contribution in [1.82, 2.24) is 0 Å². The maximum absolute atomic E-state index is 11.1. The number of benzene rings is 2. The largest absolute Gasteiger partial charge is 0.493 e. The van der Waals surface area contributed by atoms with E-state index in [0.29, 0.717) is 31.3 Å². The molecule has 0 bridgehead atoms. The zero-order chi connectivity index (χ0) is 16.7. The molecule has 0 heterocycles. The van der Waals surface area contributed by atoms with Crippen LogP contribution in [0.25, 0.3) is 0 Å². The molecule has 0 unspecified atom stereocenters. The third-order valence-corrected chi connectivity index (χ3v) is 3.48. The second-order valence-corrected chi connectivity index (χ2v) is 5.58. The average molecular weight is 314 g/mol. The maximum Gasteiger partial charge on any atom is 0.339 e. The summed E-state index contributed by atoms with van der Waals surface area (Å²) in [5, 5.41) is 9.07. The predicted octanol–water partition coefficient (Wildman–Crippen LogP) is 4.36. The fourth-order valence-corrected chi connectivity index (χ4v) is 2.15. The van der Waals surface area contributed by atoms with Gasteiger partial charge in [-0.3, -0.25) is 0 Å². The molecule has 0 aliphatic heterocycles. The normalized spacial score (nSPS) is 10.6.